The van der Waals surface area contributed by atoms with Gasteiger partial charge in [-0.25, -0.2) is 8.42 Å². The Labute approximate surface area is 169 Å². The Morgan fingerprint density at radius 2 is 1.79 bits per heavy atom. The lowest BCUT2D eigenvalue weighted by molar-refractivity contribution is 0.475. The van der Waals surface area contributed by atoms with Crippen molar-refractivity contribution in [2.45, 2.75) is 11.3 Å². The maximum Gasteiger partial charge on any atom is 0.179 e. The van der Waals surface area contributed by atoms with Crippen LogP contribution in [0.1, 0.15) is 5.56 Å². The smallest absolute Gasteiger partial charge is 0.179 e. The van der Waals surface area contributed by atoms with Crippen LogP contribution in [0.3, 0.4) is 0 Å². The van der Waals surface area contributed by atoms with E-state index in [4.69, 9.17) is 5.73 Å². The summed E-state index contributed by atoms with van der Waals surface area (Å²) in [5, 5.41) is 10.6. The van der Waals surface area contributed by atoms with Crippen LogP contribution < -0.4 is 15.5 Å². The number of aryl methyl sites for hydroxylation is 1. The molecule has 1 aromatic heterocycles. The molecule has 0 atom stereocenters. The molecule has 29 heavy (non-hydrogen) atoms. The van der Waals surface area contributed by atoms with Crippen LogP contribution >= 0.6 is 0 Å². The van der Waals surface area contributed by atoms with E-state index in [2.05, 4.69) is 14.8 Å². The van der Waals surface area contributed by atoms with Gasteiger partial charge in [0.25, 0.3) is 0 Å². The van der Waals surface area contributed by atoms with E-state index in [1.54, 1.807) is 30.5 Å². The van der Waals surface area contributed by atoms with Gasteiger partial charge in [0.1, 0.15) is 5.75 Å². The van der Waals surface area contributed by atoms with Crippen LogP contribution in [0, 0.1) is 0 Å². The number of benzene rings is 2. The summed E-state index contributed by atoms with van der Waals surface area (Å²) in [4.78, 5) is 9.32. The summed E-state index contributed by atoms with van der Waals surface area (Å²) < 4.78 is 24.8. The average Bonchev–Trinajstić information content (AvgIpc) is 3.03. The largest absolute Gasteiger partial charge is 0.508 e. The number of sulfone groups is 1. The summed E-state index contributed by atoms with van der Waals surface area (Å²) in [6.45, 7) is 3.05. The molecular weight excluding hydrogens is 388 g/mol. The number of anilines is 3. The lowest BCUT2D eigenvalue weighted by atomic mass is 10.0. The Morgan fingerprint density at radius 1 is 1.03 bits per heavy atom. The Morgan fingerprint density at radius 3 is 2.55 bits per heavy atom. The highest BCUT2D eigenvalue weighted by Gasteiger charge is 2.31. The molecule has 5 rings (SSSR count). The fourth-order valence-corrected chi connectivity index (χ4v) is 5.99. The Kier molecular flexibility index (Phi) is 4.06. The third kappa shape index (κ3) is 2.95. The summed E-state index contributed by atoms with van der Waals surface area (Å²) in [6.07, 6.45) is 2.16. The second-order valence-corrected chi connectivity index (χ2v) is 9.64. The SMILES string of the molecule is Nc1cnc2ccc3c(c2c1N1CCN(c2cccc(O)c2)CC1)CCS3(=O)=O. The molecule has 0 spiro atoms. The molecule has 0 saturated carbocycles. The van der Waals surface area contributed by atoms with Crippen LogP contribution in [0.5, 0.6) is 5.75 Å². The predicted octanol–water partition coefficient (Wildman–Crippen LogP) is 2.18. The van der Waals surface area contributed by atoms with Crippen molar-refractivity contribution in [3.63, 3.8) is 0 Å². The Balaban J connectivity index is 1.53. The van der Waals surface area contributed by atoms with E-state index in [0.717, 1.165) is 54.0 Å². The van der Waals surface area contributed by atoms with E-state index in [1.807, 2.05) is 12.1 Å². The molecule has 0 bridgehead atoms. The van der Waals surface area contributed by atoms with Gasteiger partial charge in [0, 0.05) is 43.3 Å². The van der Waals surface area contributed by atoms with Crippen molar-refractivity contribution < 1.29 is 13.5 Å². The van der Waals surface area contributed by atoms with E-state index < -0.39 is 9.84 Å². The van der Waals surface area contributed by atoms with Crippen LogP contribution in [0.4, 0.5) is 17.1 Å². The Bertz CT molecular complexity index is 1220. The fourth-order valence-electron chi connectivity index (χ4n) is 4.44. The molecular formula is C21H22N4O3S. The number of fused-ring (bicyclic) bond motifs is 3. The third-order valence-corrected chi connectivity index (χ3v) is 7.64. The average molecular weight is 410 g/mol. The molecule has 150 valence electrons. The van der Waals surface area contributed by atoms with Gasteiger partial charge in [-0.2, -0.15) is 0 Å². The second-order valence-electron chi connectivity index (χ2n) is 7.56. The van der Waals surface area contributed by atoms with E-state index in [0.29, 0.717) is 17.0 Å². The van der Waals surface area contributed by atoms with E-state index in [1.165, 1.54) is 0 Å². The highest BCUT2D eigenvalue weighted by atomic mass is 32.2. The number of aromatic hydroxyl groups is 1. The molecule has 1 saturated heterocycles. The zero-order chi connectivity index (χ0) is 20.2. The molecule has 2 aliphatic rings. The third-order valence-electron chi connectivity index (χ3n) is 5.85. The van der Waals surface area contributed by atoms with Crippen LogP contribution in [0.15, 0.2) is 47.5 Å². The number of nitrogen functional groups attached to an aromatic ring is 1. The monoisotopic (exact) mass is 410 g/mol. The minimum atomic E-state index is -3.23. The molecule has 0 radical (unpaired) electrons. The summed E-state index contributed by atoms with van der Waals surface area (Å²) >= 11 is 0. The molecule has 1 fully saturated rings. The first-order chi connectivity index (χ1) is 13.9. The second kappa shape index (κ2) is 6.52. The van der Waals surface area contributed by atoms with Crippen LogP contribution in [-0.2, 0) is 16.3 Å². The highest BCUT2D eigenvalue weighted by Crippen LogP contribution is 2.40. The number of aromatic nitrogens is 1. The molecule has 2 aliphatic heterocycles. The predicted molar refractivity (Wildman–Crippen MR) is 114 cm³/mol. The number of hydrogen-bond acceptors (Lipinski definition) is 7. The van der Waals surface area contributed by atoms with Gasteiger partial charge < -0.3 is 20.6 Å². The molecule has 0 aliphatic carbocycles. The number of pyridine rings is 1. The zero-order valence-electron chi connectivity index (χ0n) is 15.9. The van der Waals surface area contributed by atoms with E-state index in [9.17, 15) is 13.5 Å². The van der Waals surface area contributed by atoms with Crippen molar-refractivity contribution in [1.82, 2.24) is 4.98 Å². The van der Waals surface area contributed by atoms with Gasteiger partial charge in [0.05, 0.1) is 33.7 Å². The van der Waals surface area contributed by atoms with Gasteiger partial charge in [-0.3, -0.25) is 4.98 Å². The van der Waals surface area contributed by atoms with Crippen molar-refractivity contribution in [3.05, 3.63) is 48.2 Å². The number of piperazine rings is 1. The maximum atomic E-state index is 12.4. The van der Waals surface area contributed by atoms with Crippen molar-refractivity contribution >= 4 is 37.8 Å². The Hall–Kier alpha value is -3.00. The minimum absolute atomic E-state index is 0.140. The summed E-state index contributed by atoms with van der Waals surface area (Å²) in [6, 6.07) is 10.7. The van der Waals surface area contributed by atoms with Gasteiger partial charge in [-0.15, -0.1) is 0 Å². The van der Waals surface area contributed by atoms with Gasteiger partial charge in [0.2, 0.25) is 0 Å². The van der Waals surface area contributed by atoms with Gasteiger partial charge in [0.15, 0.2) is 9.84 Å². The van der Waals surface area contributed by atoms with Crippen LogP contribution in [0.25, 0.3) is 10.9 Å². The molecule has 2 aromatic carbocycles. The van der Waals surface area contributed by atoms with E-state index >= 15 is 0 Å². The number of nitrogens with two attached hydrogens (primary N) is 1. The number of nitrogens with zero attached hydrogens (tertiary/aromatic N) is 3. The first-order valence-electron chi connectivity index (χ1n) is 9.66. The molecule has 0 amide bonds. The lowest BCUT2D eigenvalue weighted by Gasteiger charge is -2.38. The van der Waals surface area contributed by atoms with Crippen molar-refractivity contribution in [2.75, 3.05) is 47.5 Å². The van der Waals surface area contributed by atoms with Gasteiger partial charge >= 0.3 is 0 Å². The first kappa shape index (κ1) is 18.1. The van der Waals surface area contributed by atoms with Crippen molar-refractivity contribution in [3.8, 4) is 5.75 Å². The van der Waals surface area contributed by atoms with Gasteiger partial charge in [-0.1, -0.05) is 6.07 Å². The molecule has 7 nitrogen and oxygen atoms in total. The maximum absolute atomic E-state index is 12.4. The number of hydrogen-bond donors (Lipinski definition) is 2. The molecule has 8 heteroatoms. The molecule has 3 N–H and O–H groups in total. The standard InChI is InChI=1S/C21H22N4O3S/c22-17-13-23-18-4-5-19-16(6-11-29(19,27)28)20(18)21(17)25-9-7-24(8-10-25)14-2-1-3-15(26)12-14/h1-5,12-13,26H,6-11,22H2. The quantitative estimate of drug-likeness (QED) is 0.668. The zero-order valence-corrected chi connectivity index (χ0v) is 16.7. The molecule has 3 aromatic rings. The first-order valence-corrected chi connectivity index (χ1v) is 11.3. The fraction of sp³-hybridized carbons (Fsp3) is 0.286. The van der Waals surface area contributed by atoms with Crippen molar-refractivity contribution in [1.29, 1.82) is 0 Å². The number of phenols is 1. The number of rotatable bonds is 2. The van der Waals surface area contributed by atoms with Gasteiger partial charge in [-0.05, 0) is 36.2 Å². The van der Waals surface area contributed by atoms with E-state index in [-0.39, 0.29) is 11.5 Å². The normalized spacial score (nSPS) is 18.2. The highest BCUT2D eigenvalue weighted by molar-refractivity contribution is 7.91. The minimum Gasteiger partial charge on any atom is -0.508 e. The molecule has 3 heterocycles. The summed E-state index contributed by atoms with van der Waals surface area (Å²) in [7, 11) is -3.23. The number of phenolic OH excluding ortho intramolecular Hbond substituents is 1. The van der Waals surface area contributed by atoms with Crippen LogP contribution in [-0.4, -0.2) is 50.4 Å². The topological polar surface area (TPSA) is 99.8 Å². The summed E-state index contributed by atoms with van der Waals surface area (Å²) in [5.74, 6) is 0.395. The van der Waals surface area contributed by atoms with Crippen molar-refractivity contribution in [2.24, 2.45) is 0 Å². The van der Waals surface area contributed by atoms with Crippen LogP contribution in [0.2, 0.25) is 0 Å². The summed E-state index contributed by atoms with van der Waals surface area (Å²) in [5.41, 5.74) is 10.4. The molecule has 0 unspecified atom stereocenters. The lowest BCUT2D eigenvalue weighted by Crippen LogP contribution is -2.46.